The first-order valence-corrected chi connectivity index (χ1v) is 11.2. The topological polar surface area (TPSA) is 162 Å². The highest BCUT2D eigenvalue weighted by Gasteiger charge is 2.40. The first-order chi connectivity index (χ1) is 17.0. The van der Waals surface area contributed by atoms with E-state index in [1.54, 1.807) is 0 Å². The molecular weight excluding hydrogens is 506 g/mol. The highest BCUT2D eigenvalue weighted by Crippen LogP contribution is 2.25. The smallest absolute Gasteiger partial charge is 0.336 e. The maximum absolute atomic E-state index is 10.3. The number of halogens is 1. The molecule has 2 aromatic carbocycles. The summed E-state index contributed by atoms with van der Waals surface area (Å²) in [5.41, 5.74) is -0.392. The number of hydrogen-bond donors (Lipinski definition) is 4. The molecule has 1 aromatic heterocycles. The van der Waals surface area contributed by atoms with Crippen LogP contribution in [-0.2, 0) is 20.9 Å². The fourth-order valence-electron chi connectivity index (χ4n) is 3.34. The van der Waals surface area contributed by atoms with Crippen molar-refractivity contribution in [1.82, 2.24) is 14.7 Å². The van der Waals surface area contributed by atoms with E-state index in [1.165, 1.54) is 5.56 Å². The summed E-state index contributed by atoms with van der Waals surface area (Å²) in [6.07, 6.45) is -1.30. The summed E-state index contributed by atoms with van der Waals surface area (Å²) in [4.78, 5) is 32.6. The van der Waals surface area contributed by atoms with Gasteiger partial charge in [-0.25, -0.2) is 4.79 Å². The Labute approximate surface area is 220 Å². The Kier molecular flexibility index (Phi) is 12.5. The van der Waals surface area contributed by atoms with Gasteiger partial charge < -0.3 is 30.1 Å². The predicted molar refractivity (Wildman–Crippen MR) is 138 cm³/mol. The minimum absolute atomic E-state index is 0. The van der Waals surface area contributed by atoms with E-state index >= 15 is 0 Å². The molecule has 1 heterocycles. The van der Waals surface area contributed by atoms with Gasteiger partial charge in [-0.15, -0.1) is 17.5 Å². The van der Waals surface area contributed by atoms with Gasteiger partial charge in [0.1, 0.15) is 0 Å². The molecule has 0 unspecified atom stereocenters. The van der Waals surface area contributed by atoms with Gasteiger partial charge in [0.15, 0.2) is 5.60 Å². The first kappa shape index (κ1) is 31.4. The lowest BCUT2D eigenvalue weighted by atomic mass is 9.96. The standard InChI is InChI=1S/C19H23N3O.C6H8O7.ClH/c1-21(2)13-8-14-23-19-17-11-6-7-12-18(17)22(20-19)15-16-9-4-3-5-10-16;7-3(8)1-6(13,5(11)12)2-4(9)10;/h3-7,9-12H,8,13-15H2,1-2H3;13H,1-2H2,(H,7,8)(H,9,10)(H,11,12);1H. The van der Waals surface area contributed by atoms with Crippen molar-refractivity contribution in [2.45, 2.75) is 31.4 Å². The van der Waals surface area contributed by atoms with Gasteiger partial charge in [-0.05, 0) is 38.2 Å². The number of carbonyl (C=O) groups is 3. The van der Waals surface area contributed by atoms with Crippen LogP contribution in [0.25, 0.3) is 10.9 Å². The lowest BCUT2D eigenvalue weighted by molar-refractivity contribution is -0.170. The Balaban J connectivity index is 0.000000423. The van der Waals surface area contributed by atoms with Crippen molar-refractivity contribution in [3.8, 4) is 5.88 Å². The van der Waals surface area contributed by atoms with Crippen LogP contribution in [0.15, 0.2) is 54.6 Å². The average molecular weight is 538 g/mol. The van der Waals surface area contributed by atoms with Crippen molar-refractivity contribution in [1.29, 1.82) is 0 Å². The second-order valence-corrected chi connectivity index (χ2v) is 8.45. The van der Waals surface area contributed by atoms with Crippen LogP contribution in [0.4, 0.5) is 0 Å². The lowest BCUT2D eigenvalue weighted by Crippen LogP contribution is -2.42. The normalized spacial score (nSPS) is 10.8. The number of para-hydroxylation sites is 1. The summed E-state index contributed by atoms with van der Waals surface area (Å²) in [7, 11) is 4.15. The monoisotopic (exact) mass is 537 g/mol. The van der Waals surface area contributed by atoms with Gasteiger partial charge in [-0.3, -0.25) is 14.3 Å². The molecule has 3 rings (SSSR count). The first-order valence-electron chi connectivity index (χ1n) is 11.2. The van der Waals surface area contributed by atoms with E-state index in [0.717, 1.165) is 36.3 Å². The van der Waals surface area contributed by atoms with Crippen molar-refractivity contribution in [3.63, 3.8) is 0 Å². The Bertz CT molecular complexity index is 1150. The number of aliphatic hydroxyl groups is 1. The molecule has 0 radical (unpaired) electrons. The number of nitrogens with zero attached hydrogens (tertiary/aromatic N) is 3. The van der Waals surface area contributed by atoms with Crippen LogP contribution >= 0.6 is 12.4 Å². The van der Waals surface area contributed by atoms with Crippen LogP contribution in [0.2, 0.25) is 0 Å². The number of rotatable bonds is 12. The quantitative estimate of drug-likeness (QED) is 0.252. The van der Waals surface area contributed by atoms with Crippen LogP contribution in [0.1, 0.15) is 24.8 Å². The molecule has 0 fully saturated rings. The van der Waals surface area contributed by atoms with Crippen LogP contribution < -0.4 is 4.74 Å². The lowest BCUT2D eigenvalue weighted by Gasteiger charge is -2.18. The summed E-state index contributed by atoms with van der Waals surface area (Å²) in [6, 6.07) is 18.6. The van der Waals surface area contributed by atoms with Gasteiger partial charge in [0.2, 0.25) is 5.88 Å². The Morgan fingerprint density at radius 3 is 2.05 bits per heavy atom. The van der Waals surface area contributed by atoms with Gasteiger partial charge in [-0.2, -0.15) is 0 Å². The van der Waals surface area contributed by atoms with E-state index < -0.39 is 36.4 Å². The SMILES string of the molecule is CN(C)CCCOc1nn(Cc2ccccc2)c2ccccc12.Cl.O=C(O)CC(O)(CC(=O)O)C(=O)O. The number of fused-ring (bicyclic) bond motifs is 1. The molecule has 0 aliphatic rings. The molecule has 12 heteroatoms. The second kappa shape index (κ2) is 14.8. The number of aliphatic carboxylic acids is 3. The van der Waals surface area contributed by atoms with Crippen LogP contribution in [0.3, 0.4) is 0 Å². The number of carboxylic acid groups (broad SMARTS) is 3. The highest BCUT2D eigenvalue weighted by molar-refractivity contribution is 5.88. The van der Waals surface area contributed by atoms with Crippen LogP contribution in [-0.4, -0.2) is 85.9 Å². The van der Waals surface area contributed by atoms with E-state index in [0.29, 0.717) is 6.61 Å². The molecule has 0 aliphatic heterocycles. The summed E-state index contributed by atoms with van der Waals surface area (Å²) < 4.78 is 7.95. The van der Waals surface area contributed by atoms with Crippen molar-refractivity contribution in [2.24, 2.45) is 0 Å². The van der Waals surface area contributed by atoms with Crippen LogP contribution in [0, 0.1) is 0 Å². The summed E-state index contributed by atoms with van der Waals surface area (Å²) in [5, 5.41) is 39.6. The molecule has 0 amide bonds. The van der Waals surface area contributed by atoms with Crippen molar-refractivity contribution < 1.29 is 39.5 Å². The number of carboxylic acids is 3. The zero-order valence-corrected chi connectivity index (χ0v) is 21.4. The van der Waals surface area contributed by atoms with Crippen molar-refractivity contribution in [2.75, 3.05) is 27.2 Å². The molecule has 0 atom stereocenters. The third-order valence-corrected chi connectivity index (χ3v) is 5.07. The number of ether oxygens (including phenoxy) is 1. The Morgan fingerprint density at radius 2 is 1.51 bits per heavy atom. The maximum atomic E-state index is 10.3. The van der Waals surface area contributed by atoms with E-state index in [4.69, 9.17) is 25.2 Å². The summed E-state index contributed by atoms with van der Waals surface area (Å²) in [5.74, 6) is -4.29. The van der Waals surface area contributed by atoms with E-state index in [9.17, 15) is 14.4 Å². The van der Waals surface area contributed by atoms with Crippen LogP contribution in [0.5, 0.6) is 5.88 Å². The zero-order chi connectivity index (χ0) is 26.7. The molecular formula is C25H32ClN3O8. The van der Waals surface area contributed by atoms with Gasteiger partial charge in [-0.1, -0.05) is 42.5 Å². The predicted octanol–water partition coefficient (Wildman–Crippen LogP) is 2.59. The summed E-state index contributed by atoms with van der Waals surface area (Å²) >= 11 is 0. The van der Waals surface area contributed by atoms with Gasteiger partial charge in [0.25, 0.3) is 0 Å². The number of aromatic nitrogens is 2. The fourth-order valence-corrected chi connectivity index (χ4v) is 3.34. The molecule has 4 N–H and O–H groups in total. The minimum atomic E-state index is -2.74. The zero-order valence-electron chi connectivity index (χ0n) is 20.6. The number of hydrogen-bond acceptors (Lipinski definition) is 7. The largest absolute Gasteiger partial charge is 0.481 e. The molecule has 0 aliphatic carbocycles. The molecule has 0 saturated carbocycles. The van der Waals surface area contributed by atoms with Gasteiger partial charge >= 0.3 is 17.9 Å². The van der Waals surface area contributed by atoms with E-state index in [-0.39, 0.29) is 12.4 Å². The fraction of sp³-hybridized carbons (Fsp3) is 0.360. The Hall–Kier alpha value is -3.67. The van der Waals surface area contributed by atoms with Crippen molar-refractivity contribution >= 4 is 41.2 Å². The molecule has 0 bridgehead atoms. The third kappa shape index (κ3) is 10.1. The molecule has 37 heavy (non-hydrogen) atoms. The molecule has 0 spiro atoms. The van der Waals surface area contributed by atoms with Gasteiger partial charge in [0, 0.05) is 6.54 Å². The van der Waals surface area contributed by atoms with Gasteiger partial charge in [0.05, 0.1) is 36.9 Å². The minimum Gasteiger partial charge on any atom is -0.481 e. The Morgan fingerprint density at radius 1 is 0.946 bits per heavy atom. The molecule has 0 saturated heterocycles. The third-order valence-electron chi connectivity index (χ3n) is 5.07. The van der Waals surface area contributed by atoms with E-state index in [2.05, 4.69) is 60.5 Å². The second-order valence-electron chi connectivity index (χ2n) is 8.45. The molecule has 202 valence electrons. The average Bonchev–Trinajstić information content (AvgIpc) is 3.14. The van der Waals surface area contributed by atoms with Crippen molar-refractivity contribution in [3.05, 3.63) is 60.2 Å². The molecule has 3 aromatic rings. The maximum Gasteiger partial charge on any atom is 0.336 e. The molecule has 11 nitrogen and oxygen atoms in total. The van der Waals surface area contributed by atoms with E-state index in [1.807, 2.05) is 22.9 Å². The number of benzene rings is 2. The summed E-state index contributed by atoms with van der Waals surface area (Å²) in [6.45, 7) is 2.45. The highest BCUT2D eigenvalue weighted by atomic mass is 35.5.